The summed E-state index contributed by atoms with van der Waals surface area (Å²) >= 11 is 5.87. The van der Waals surface area contributed by atoms with Gasteiger partial charge >= 0.3 is 0 Å². The van der Waals surface area contributed by atoms with E-state index >= 15 is 0 Å². The maximum Gasteiger partial charge on any atom is 0.133 e. The molecular formula is C16H19ClN2. The van der Waals surface area contributed by atoms with Crippen molar-refractivity contribution in [3.63, 3.8) is 0 Å². The zero-order valence-electron chi connectivity index (χ0n) is 11.2. The Morgan fingerprint density at radius 2 is 1.84 bits per heavy atom. The van der Waals surface area contributed by atoms with Crippen molar-refractivity contribution in [1.82, 2.24) is 4.98 Å². The summed E-state index contributed by atoms with van der Waals surface area (Å²) in [4.78, 5) is 6.86. The molecule has 0 saturated carbocycles. The summed E-state index contributed by atoms with van der Waals surface area (Å²) in [5.41, 5.74) is 2.09. The van der Waals surface area contributed by atoms with Crippen LogP contribution >= 0.6 is 11.6 Å². The zero-order valence-corrected chi connectivity index (χ0v) is 12.0. The third kappa shape index (κ3) is 3.71. The number of aromatic nitrogens is 1. The number of hydrogen-bond acceptors (Lipinski definition) is 2. The molecule has 0 radical (unpaired) electrons. The van der Waals surface area contributed by atoms with E-state index in [0.717, 1.165) is 24.5 Å². The van der Waals surface area contributed by atoms with Crippen LogP contribution in [0.25, 0.3) is 0 Å². The smallest absolute Gasteiger partial charge is 0.133 e. The minimum Gasteiger partial charge on any atom is -0.326 e. The third-order valence-electron chi connectivity index (χ3n) is 3.01. The fourth-order valence-electron chi connectivity index (χ4n) is 1.99. The second kappa shape index (κ2) is 7.15. The highest BCUT2D eigenvalue weighted by Gasteiger charge is 2.10. The average molecular weight is 275 g/mol. The van der Waals surface area contributed by atoms with Crippen LogP contribution in [-0.2, 0) is 5.88 Å². The highest BCUT2D eigenvalue weighted by atomic mass is 35.5. The second-order valence-corrected chi connectivity index (χ2v) is 4.73. The Bertz CT molecular complexity index is 499. The Morgan fingerprint density at radius 1 is 1.05 bits per heavy atom. The standard InChI is InChI=1S/C16H19ClN2/c1-2-3-12-19(15-9-5-4-6-10-15)16-11-7-8-14(13-17)18-16/h4-11H,2-3,12-13H2,1H3. The Balaban J connectivity index is 2.31. The second-order valence-electron chi connectivity index (χ2n) is 4.46. The molecule has 0 N–H and O–H groups in total. The molecule has 2 rings (SSSR count). The molecule has 1 heterocycles. The van der Waals surface area contributed by atoms with Gasteiger partial charge in [0.1, 0.15) is 5.82 Å². The monoisotopic (exact) mass is 274 g/mol. The first-order valence-electron chi connectivity index (χ1n) is 6.69. The van der Waals surface area contributed by atoms with E-state index in [1.54, 1.807) is 0 Å². The molecule has 0 unspecified atom stereocenters. The lowest BCUT2D eigenvalue weighted by Gasteiger charge is -2.24. The van der Waals surface area contributed by atoms with Crippen LogP contribution in [-0.4, -0.2) is 11.5 Å². The molecule has 0 aliphatic rings. The van der Waals surface area contributed by atoms with Crippen molar-refractivity contribution in [1.29, 1.82) is 0 Å². The molecule has 2 aromatic rings. The van der Waals surface area contributed by atoms with E-state index in [0.29, 0.717) is 5.88 Å². The van der Waals surface area contributed by atoms with Crippen LogP contribution in [0.3, 0.4) is 0 Å². The van der Waals surface area contributed by atoms with E-state index in [4.69, 9.17) is 11.6 Å². The molecule has 1 aromatic heterocycles. The van der Waals surface area contributed by atoms with Gasteiger partial charge < -0.3 is 4.90 Å². The van der Waals surface area contributed by atoms with Crippen LogP contribution < -0.4 is 4.90 Å². The number of nitrogens with zero attached hydrogens (tertiary/aromatic N) is 2. The molecule has 0 aliphatic heterocycles. The summed E-state index contributed by atoms with van der Waals surface area (Å²) in [7, 11) is 0. The summed E-state index contributed by atoms with van der Waals surface area (Å²) in [5.74, 6) is 1.42. The molecular weight excluding hydrogens is 256 g/mol. The fraction of sp³-hybridized carbons (Fsp3) is 0.312. The lowest BCUT2D eigenvalue weighted by molar-refractivity contribution is 0.778. The first-order valence-corrected chi connectivity index (χ1v) is 7.23. The first-order chi connectivity index (χ1) is 9.35. The SMILES string of the molecule is CCCCN(c1ccccc1)c1cccc(CCl)n1. The van der Waals surface area contributed by atoms with Crippen LogP contribution in [0.5, 0.6) is 0 Å². The molecule has 100 valence electrons. The van der Waals surface area contributed by atoms with Gasteiger partial charge in [-0.25, -0.2) is 4.98 Å². The number of benzene rings is 1. The Morgan fingerprint density at radius 3 is 2.53 bits per heavy atom. The molecule has 0 atom stereocenters. The van der Waals surface area contributed by atoms with Crippen molar-refractivity contribution in [2.24, 2.45) is 0 Å². The van der Waals surface area contributed by atoms with E-state index in [-0.39, 0.29) is 0 Å². The highest BCUT2D eigenvalue weighted by Crippen LogP contribution is 2.24. The number of hydrogen-bond donors (Lipinski definition) is 0. The molecule has 2 nitrogen and oxygen atoms in total. The summed E-state index contributed by atoms with van der Waals surface area (Å²) in [6.45, 7) is 3.17. The van der Waals surface area contributed by atoms with Crippen LogP contribution in [0.4, 0.5) is 11.5 Å². The van der Waals surface area contributed by atoms with Gasteiger partial charge in [-0.3, -0.25) is 0 Å². The molecule has 0 amide bonds. The van der Waals surface area contributed by atoms with Gasteiger partial charge in [0.2, 0.25) is 0 Å². The van der Waals surface area contributed by atoms with Gasteiger partial charge in [0.05, 0.1) is 11.6 Å². The van der Waals surface area contributed by atoms with Crippen molar-refractivity contribution in [3.8, 4) is 0 Å². The van der Waals surface area contributed by atoms with Crippen molar-refractivity contribution in [2.45, 2.75) is 25.6 Å². The predicted octanol–water partition coefficient (Wildman–Crippen LogP) is 4.76. The highest BCUT2D eigenvalue weighted by molar-refractivity contribution is 6.16. The quantitative estimate of drug-likeness (QED) is 0.706. The number of alkyl halides is 1. The van der Waals surface area contributed by atoms with E-state index in [2.05, 4.69) is 41.1 Å². The van der Waals surface area contributed by atoms with Crippen LogP contribution in [0.2, 0.25) is 0 Å². The Kier molecular flexibility index (Phi) is 5.22. The zero-order chi connectivity index (χ0) is 13.5. The Labute approximate surface area is 120 Å². The van der Waals surface area contributed by atoms with Crippen LogP contribution in [0.15, 0.2) is 48.5 Å². The minimum atomic E-state index is 0.449. The molecule has 1 aromatic carbocycles. The predicted molar refractivity (Wildman–Crippen MR) is 82.2 cm³/mol. The molecule has 0 fully saturated rings. The number of halogens is 1. The summed E-state index contributed by atoms with van der Waals surface area (Å²) in [6.07, 6.45) is 2.31. The Hall–Kier alpha value is -1.54. The normalized spacial score (nSPS) is 10.4. The number of pyridine rings is 1. The van der Waals surface area contributed by atoms with Gasteiger partial charge in [-0.1, -0.05) is 37.6 Å². The number of unbranched alkanes of at least 4 members (excludes halogenated alkanes) is 1. The van der Waals surface area contributed by atoms with Gasteiger partial charge in [0, 0.05) is 12.2 Å². The van der Waals surface area contributed by atoms with Crippen molar-refractivity contribution in [3.05, 3.63) is 54.2 Å². The fourth-order valence-corrected chi connectivity index (χ4v) is 2.14. The van der Waals surface area contributed by atoms with Gasteiger partial charge in [-0.05, 0) is 30.7 Å². The minimum absolute atomic E-state index is 0.449. The maximum absolute atomic E-state index is 5.87. The van der Waals surface area contributed by atoms with E-state index in [9.17, 15) is 0 Å². The summed E-state index contributed by atoms with van der Waals surface area (Å²) in [6, 6.07) is 16.4. The lowest BCUT2D eigenvalue weighted by Crippen LogP contribution is -2.19. The summed E-state index contributed by atoms with van der Waals surface area (Å²) < 4.78 is 0. The number of para-hydroxylation sites is 1. The van der Waals surface area contributed by atoms with Crippen molar-refractivity contribution in [2.75, 3.05) is 11.4 Å². The van der Waals surface area contributed by atoms with Crippen LogP contribution in [0.1, 0.15) is 25.5 Å². The molecule has 0 aliphatic carbocycles. The van der Waals surface area contributed by atoms with Gasteiger partial charge in [0.15, 0.2) is 0 Å². The summed E-state index contributed by atoms with van der Waals surface area (Å²) in [5, 5.41) is 0. The lowest BCUT2D eigenvalue weighted by atomic mass is 10.2. The topological polar surface area (TPSA) is 16.1 Å². The van der Waals surface area contributed by atoms with E-state index in [1.165, 1.54) is 12.1 Å². The third-order valence-corrected chi connectivity index (χ3v) is 3.28. The molecule has 0 saturated heterocycles. The molecule has 0 bridgehead atoms. The average Bonchev–Trinajstić information content (AvgIpc) is 2.49. The van der Waals surface area contributed by atoms with Crippen LogP contribution in [0, 0.1) is 0 Å². The van der Waals surface area contributed by atoms with E-state index < -0.39 is 0 Å². The van der Waals surface area contributed by atoms with E-state index in [1.807, 2.05) is 24.3 Å². The van der Waals surface area contributed by atoms with Gasteiger partial charge in [0.25, 0.3) is 0 Å². The van der Waals surface area contributed by atoms with Crippen molar-refractivity contribution < 1.29 is 0 Å². The largest absolute Gasteiger partial charge is 0.326 e. The molecule has 19 heavy (non-hydrogen) atoms. The molecule has 3 heteroatoms. The number of rotatable bonds is 6. The van der Waals surface area contributed by atoms with Gasteiger partial charge in [-0.2, -0.15) is 0 Å². The first kappa shape index (κ1) is 13.9. The van der Waals surface area contributed by atoms with Crippen molar-refractivity contribution >= 4 is 23.1 Å². The van der Waals surface area contributed by atoms with Gasteiger partial charge in [-0.15, -0.1) is 11.6 Å². The molecule has 0 spiro atoms. The maximum atomic E-state index is 5.87. The number of anilines is 2.